The minimum absolute atomic E-state index is 0.173. The van der Waals surface area contributed by atoms with Crippen LogP contribution in [-0.4, -0.2) is 33.5 Å². The molecule has 8 heteroatoms. The van der Waals surface area contributed by atoms with Gasteiger partial charge in [-0.05, 0) is 32.0 Å². The Morgan fingerprint density at radius 1 is 1.21 bits per heavy atom. The molecule has 3 rings (SSSR count). The van der Waals surface area contributed by atoms with E-state index < -0.39 is 0 Å². The summed E-state index contributed by atoms with van der Waals surface area (Å²) in [5.41, 5.74) is 2.73. The predicted octanol–water partition coefficient (Wildman–Crippen LogP) is 4.67. The molecule has 0 spiro atoms. The van der Waals surface area contributed by atoms with Crippen LogP contribution in [0.5, 0.6) is 5.75 Å². The first-order valence-corrected chi connectivity index (χ1v) is 10.1. The molecular weight excluding hydrogens is 396 g/mol. The lowest BCUT2D eigenvalue weighted by Gasteiger charge is -2.11. The van der Waals surface area contributed by atoms with Crippen molar-refractivity contribution in [1.82, 2.24) is 14.8 Å². The molecule has 0 bridgehead atoms. The lowest BCUT2D eigenvalue weighted by Crippen LogP contribution is -2.15. The number of methoxy groups -OCH3 is 1. The molecule has 0 aliphatic rings. The molecule has 6 nitrogen and oxygen atoms in total. The summed E-state index contributed by atoms with van der Waals surface area (Å²) in [4.78, 5) is 12.4. The zero-order chi connectivity index (χ0) is 20.1. The van der Waals surface area contributed by atoms with Crippen LogP contribution in [0.3, 0.4) is 0 Å². The number of halogens is 1. The number of carbonyl (C=O) groups is 1. The SMILES string of the molecule is CCn1c(SCC(=O)Nc2cc(Cl)ccc2OC)nnc1-c1ccc(C)cc1. The van der Waals surface area contributed by atoms with E-state index in [9.17, 15) is 4.79 Å². The van der Waals surface area contributed by atoms with Gasteiger partial charge in [-0.1, -0.05) is 53.2 Å². The number of hydrogen-bond donors (Lipinski definition) is 1. The number of aryl methyl sites for hydroxylation is 1. The highest BCUT2D eigenvalue weighted by Crippen LogP contribution is 2.28. The number of hydrogen-bond acceptors (Lipinski definition) is 5. The number of nitrogens with zero attached hydrogens (tertiary/aromatic N) is 3. The molecule has 1 amide bonds. The van der Waals surface area contributed by atoms with E-state index in [1.807, 2.05) is 42.7 Å². The average Bonchev–Trinajstić information content (AvgIpc) is 3.10. The van der Waals surface area contributed by atoms with Crippen LogP contribution in [0.4, 0.5) is 5.69 Å². The van der Waals surface area contributed by atoms with Gasteiger partial charge in [0.15, 0.2) is 11.0 Å². The Kier molecular flexibility index (Phi) is 6.59. The molecule has 0 fully saturated rings. The van der Waals surface area contributed by atoms with Gasteiger partial charge in [0.05, 0.1) is 18.6 Å². The minimum Gasteiger partial charge on any atom is -0.495 e. The molecule has 28 heavy (non-hydrogen) atoms. The first-order chi connectivity index (χ1) is 13.5. The third-order valence-electron chi connectivity index (χ3n) is 4.11. The van der Waals surface area contributed by atoms with Gasteiger partial charge in [0, 0.05) is 17.1 Å². The normalized spacial score (nSPS) is 10.7. The van der Waals surface area contributed by atoms with Crippen molar-refractivity contribution in [2.45, 2.75) is 25.5 Å². The lowest BCUT2D eigenvalue weighted by molar-refractivity contribution is -0.113. The van der Waals surface area contributed by atoms with Gasteiger partial charge in [0.2, 0.25) is 5.91 Å². The minimum atomic E-state index is -0.173. The maximum absolute atomic E-state index is 12.4. The largest absolute Gasteiger partial charge is 0.495 e. The quantitative estimate of drug-likeness (QED) is 0.567. The van der Waals surface area contributed by atoms with Crippen LogP contribution < -0.4 is 10.1 Å². The van der Waals surface area contributed by atoms with E-state index in [1.165, 1.54) is 17.3 Å². The molecule has 2 aromatic carbocycles. The maximum Gasteiger partial charge on any atom is 0.234 e. The van der Waals surface area contributed by atoms with E-state index in [-0.39, 0.29) is 11.7 Å². The third kappa shape index (κ3) is 4.66. The zero-order valence-electron chi connectivity index (χ0n) is 15.9. The Morgan fingerprint density at radius 3 is 2.64 bits per heavy atom. The molecule has 0 atom stereocenters. The molecule has 0 aliphatic carbocycles. The van der Waals surface area contributed by atoms with Crippen molar-refractivity contribution < 1.29 is 9.53 Å². The summed E-state index contributed by atoms with van der Waals surface area (Å²) in [5, 5.41) is 12.6. The number of aromatic nitrogens is 3. The van der Waals surface area contributed by atoms with Gasteiger partial charge in [-0.15, -0.1) is 10.2 Å². The van der Waals surface area contributed by atoms with Gasteiger partial charge in [-0.25, -0.2) is 0 Å². The van der Waals surface area contributed by atoms with Crippen LogP contribution in [0.2, 0.25) is 5.02 Å². The van der Waals surface area contributed by atoms with E-state index in [0.717, 1.165) is 11.4 Å². The number of ether oxygens (including phenoxy) is 1. The van der Waals surface area contributed by atoms with E-state index in [2.05, 4.69) is 15.5 Å². The van der Waals surface area contributed by atoms with E-state index in [0.29, 0.717) is 28.2 Å². The summed E-state index contributed by atoms with van der Waals surface area (Å²) in [5.74, 6) is 1.37. The van der Waals surface area contributed by atoms with Crippen molar-refractivity contribution in [3.63, 3.8) is 0 Å². The van der Waals surface area contributed by atoms with E-state index >= 15 is 0 Å². The molecule has 1 heterocycles. The van der Waals surface area contributed by atoms with Gasteiger partial charge in [-0.2, -0.15) is 0 Å². The van der Waals surface area contributed by atoms with E-state index in [1.54, 1.807) is 25.3 Å². The molecule has 0 saturated carbocycles. The number of nitrogens with one attached hydrogen (secondary N) is 1. The monoisotopic (exact) mass is 416 g/mol. The predicted molar refractivity (Wildman–Crippen MR) is 113 cm³/mol. The Hall–Kier alpha value is -2.51. The van der Waals surface area contributed by atoms with Crippen LogP contribution >= 0.6 is 23.4 Å². The number of anilines is 1. The van der Waals surface area contributed by atoms with Gasteiger partial charge >= 0.3 is 0 Å². The lowest BCUT2D eigenvalue weighted by atomic mass is 10.1. The highest BCUT2D eigenvalue weighted by molar-refractivity contribution is 7.99. The maximum atomic E-state index is 12.4. The van der Waals surface area contributed by atoms with Crippen molar-refractivity contribution in [2.75, 3.05) is 18.2 Å². The van der Waals surface area contributed by atoms with Crippen LogP contribution in [-0.2, 0) is 11.3 Å². The van der Waals surface area contributed by atoms with Gasteiger partial charge < -0.3 is 14.6 Å². The second-order valence-corrected chi connectivity index (χ2v) is 7.48. The van der Waals surface area contributed by atoms with Crippen molar-refractivity contribution >= 4 is 35.0 Å². The van der Waals surface area contributed by atoms with E-state index in [4.69, 9.17) is 16.3 Å². The van der Waals surface area contributed by atoms with Crippen LogP contribution in [0.25, 0.3) is 11.4 Å². The average molecular weight is 417 g/mol. The zero-order valence-corrected chi connectivity index (χ0v) is 17.5. The molecular formula is C20H21ClN4O2S. The fourth-order valence-corrected chi connectivity index (χ4v) is 3.67. The van der Waals surface area contributed by atoms with Crippen molar-refractivity contribution in [1.29, 1.82) is 0 Å². The summed E-state index contributed by atoms with van der Waals surface area (Å²) >= 11 is 7.35. The Labute approximate surface area is 173 Å². The van der Waals surface area contributed by atoms with Crippen LogP contribution in [0.1, 0.15) is 12.5 Å². The Bertz CT molecular complexity index is 973. The third-order valence-corrected chi connectivity index (χ3v) is 5.31. The van der Waals surface area contributed by atoms with Gasteiger partial charge in [0.25, 0.3) is 0 Å². The smallest absolute Gasteiger partial charge is 0.234 e. The Balaban J connectivity index is 1.70. The van der Waals surface area contributed by atoms with Crippen LogP contribution in [0.15, 0.2) is 47.6 Å². The molecule has 0 saturated heterocycles. The molecule has 1 N–H and O–H groups in total. The standard InChI is InChI=1S/C20H21ClN4O2S/c1-4-25-19(14-7-5-13(2)6-8-14)23-24-20(25)28-12-18(26)22-16-11-15(21)9-10-17(16)27-3/h5-11H,4,12H2,1-3H3,(H,22,26). The number of benzene rings is 2. The van der Waals surface area contributed by atoms with Crippen molar-refractivity contribution in [3.05, 3.63) is 53.1 Å². The van der Waals surface area contributed by atoms with Crippen LogP contribution in [0, 0.1) is 6.92 Å². The second kappa shape index (κ2) is 9.12. The van der Waals surface area contributed by atoms with Crippen molar-refractivity contribution in [2.24, 2.45) is 0 Å². The fourth-order valence-electron chi connectivity index (χ4n) is 2.69. The summed E-state index contributed by atoms with van der Waals surface area (Å²) < 4.78 is 7.26. The Morgan fingerprint density at radius 2 is 1.96 bits per heavy atom. The van der Waals surface area contributed by atoms with Crippen molar-refractivity contribution in [3.8, 4) is 17.1 Å². The second-order valence-electron chi connectivity index (χ2n) is 6.10. The molecule has 0 aliphatic heterocycles. The number of thioether (sulfide) groups is 1. The summed E-state index contributed by atoms with van der Waals surface area (Å²) in [6, 6.07) is 13.2. The molecule has 0 unspecified atom stereocenters. The van der Waals surface area contributed by atoms with Gasteiger partial charge in [0.1, 0.15) is 5.75 Å². The first-order valence-electron chi connectivity index (χ1n) is 8.78. The highest BCUT2D eigenvalue weighted by atomic mass is 35.5. The first kappa shape index (κ1) is 20.2. The number of amides is 1. The van der Waals surface area contributed by atoms with Gasteiger partial charge in [-0.3, -0.25) is 4.79 Å². The highest BCUT2D eigenvalue weighted by Gasteiger charge is 2.15. The summed E-state index contributed by atoms with van der Waals surface area (Å²) in [6.07, 6.45) is 0. The topological polar surface area (TPSA) is 69.0 Å². The summed E-state index contributed by atoms with van der Waals surface area (Å²) in [7, 11) is 1.55. The molecule has 0 radical (unpaired) electrons. The fraction of sp³-hybridized carbons (Fsp3) is 0.250. The number of carbonyl (C=O) groups excluding carboxylic acids is 1. The molecule has 3 aromatic rings. The molecule has 146 valence electrons. The number of rotatable bonds is 7. The summed E-state index contributed by atoms with van der Waals surface area (Å²) in [6.45, 7) is 4.79. The molecule has 1 aromatic heterocycles.